The lowest BCUT2D eigenvalue weighted by Gasteiger charge is -2.24. The summed E-state index contributed by atoms with van der Waals surface area (Å²) in [7, 11) is 1.18. The molecule has 0 spiro atoms. The first-order valence-corrected chi connectivity index (χ1v) is 6.36. The minimum Gasteiger partial charge on any atom is -0.492 e. The second-order valence-corrected chi connectivity index (χ2v) is 4.60. The summed E-state index contributed by atoms with van der Waals surface area (Å²) >= 11 is 0. The fraction of sp³-hybridized carbons (Fsp3) is 0.429. The molecule has 1 aliphatic rings. The molecule has 1 aliphatic heterocycles. The summed E-state index contributed by atoms with van der Waals surface area (Å²) in [6, 6.07) is 7.55. The summed E-state index contributed by atoms with van der Waals surface area (Å²) in [5.41, 5.74) is 0.979. The molecule has 1 aromatic carbocycles. The first kappa shape index (κ1) is 14.3. The van der Waals surface area contributed by atoms with Crippen LogP contribution in [0.4, 0.5) is 0 Å². The number of benzene rings is 1. The standard InChI is InChI=1S/C14H17NO5/c1-19-14(18)11(16)7-15-13(17)10-6-9-4-2-3-5-12(9)20-8-10/h2-5,10-11,16H,6-8H2,1H3,(H,15,17). The topological polar surface area (TPSA) is 84.9 Å². The number of methoxy groups -OCH3 is 1. The summed E-state index contributed by atoms with van der Waals surface area (Å²) in [4.78, 5) is 23.0. The van der Waals surface area contributed by atoms with Crippen molar-refractivity contribution in [3.63, 3.8) is 0 Å². The predicted molar refractivity (Wildman–Crippen MR) is 70.2 cm³/mol. The highest BCUT2D eigenvalue weighted by Gasteiger charge is 2.26. The number of fused-ring (bicyclic) bond motifs is 1. The van der Waals surface area contributed by atoms with Crippen LogP contribution in [0.25, 0.3) is 0 Å². The summed E-state index contributed by atoms with van der Waals surface area (Å²) in [6.07, 6.45) is -0.767. The van der Waals surface area contributed by atoms with Crippen molar-refractivity contribution in [1.29, 1.82) is 0 Å². The highest BCUT2D eigenvalue weighted by Crippen LogP contribution is 2.26. The van der Waals surface area contributed by atoms with Crippen molar-refractivity contribution >= 4 is 11.9 Å². The number of aliphatic hydroxyl groups is 1. The van der Waals surface area contributed by atoms with Crippen molar-refractivity contribution in [3.8, 4) is 5.75 Å². The molecule has 2 N–H and O–H groups in total. The quantitative estimate of drug-likeness (QED) is 0.751. The van der Waals surface area contributed by atoms with Gasteiger partial charge in [-0.3, -0.25) is 4.79 Å². The highest BCUT2D eigenvalue weighted by atomic mass is 16.5. The van der Waals surface area contributed by atoms with E-state index in [4.69, 9.17) is 4.74 Å². The number of ether oxygens (including phenoxy) is 2. The van der Waals surface area contributed by atoms with E-state index in [1.165, 1.54) is 7.11 Å². The average molecular weight is 279 g/mol. The van der Waals surface area contributed by atoms with Crippen molar-refractivity contribution in [1.82, 2.24) is 5.32 Å². The molecule has 6 heteroatoms. The van der Waals surface area contributed by atoms with Crippen molar-refractivity contribution in [2.24, 2.45) is 5.92 Å². The monoisotopic (exact) mass is 279 g/mol. The van der Waals surface area contributed by atoms with Crippen LogP contribution >= 0.6 is 0 Å². The van der Waals surface area contributed by atoms with Crippen LogP contribution in [-0.2, 0) is 20.7 Å². The molecule has 1 aromatic rings. The van der Waals surface area contributed by atoms with E-state index < -0.39 is 12.1 Å². The van der Waals surface area contributed by atoms with Gasteiger partial charge >= 0.3 is 5.97 Å². The Morgan fingerprint density at radius 2 is 2.25 bits per heavy atom. The first-order valence-electron chi connectivity index (χ1n) is 6.36. The number of esters is 1. The van der Waals surface area contributed by atoms with Crippen LogP contribution in [0.3, 0.4) is 0 Å². The second-order valence-electron chi connectivity index (χ2n) is 4.60. The van der Waals surface area contributed by atoms with Gasteiger partial charge in [0.05, 0.1) is 19.6 Å². The van der Waals surface area contributed by atoms with Crippen molar-refractivity contribution in [3.05, 3.63) is 29.8 Å². The number of aliphatic hydroxyl groups excluding tert-OH is 1. The van der Waals surface area contributed by atoms with Crippen LogP contribution in [0.1, 0.15) is 5.56 Å². The Bertz CT molecular complexity index is 502. The largest absolute Gasteiger partial charge is 0.492 e. The molecule has 0 aliphatic carbocycles. The van der Waals surface area contributed by atoms with Crippen molar-refractivity contribution < 1.29 is 24.2 Å². The molecule has 1 heterocycles. The Kier molecular flexibility index (Phi) is 4.57. The summed E-state index contributed by atoms with van der Waals surface area (Å²) in [6.45, 7) is 0.126. The molecule has 108 valence electrons. The third-order valence-electron chi connectivity index (χ3n) is 3.19. The number of para-hydroxylation sites is 1. The zero-order chi connectivity index (χ0) is 14.5. The van der Waals surface area contributed by atoms with Gasteiger partial charge in [0, 0.05) is 0 Å². The Balaban J connectivity index is 1.87. The number of nitrogens with one attached hydrogen (secondary N) is 1. The second kappa shape index (κ2) is 6.38. The van der Waals surface area contributed by atoms with Crippen LogP contribution in [0, 0.1) is 5.92 Å². The van der Waals surface area contributed by atoms with Crippen LogP contribution in [0.2, 0.25) is 0 Å². The van der Waals surface area contributed by atoms with Gasteiger partial charge in [-0.05, 0) is 18.1 Å². The molecule has 0 saturated heterocycles. The smallest absolute Gasteiger partial charge is 0.336 e. The molecule has 6 nitrogen and oxygen atoms in total. The van der Waals surface area contributed by atoms with Gasteiger partial charge in [0.2, 0.25) is 5.91 Å². The molecular formula is C14H17NO5. The van der Waals surface area contributed by atoms with E-state index in [9.17, 15) is 14.7 Å². The van der Waals surface area contributed by atoms with E-state index in [-0.39, 0.29) is 25.0 Å². The first-order chi connectivity index (χ1) is 9.61. The normalized spacial score (nSPS) is 18.4. The van der Waals surface area contributed by atoms with Gasteiger partial charge in [-0.15, -0.1) is 0 Å². The molecule has 0 bridgehead atoms. The molecule has 0 fully saturated rings. The highest BCUT2D eigenvalue weighted by molar-refractivity contribution is 5.81. The van der Waals surface area contributed by atoms with Crippen LogP contribution < -0.4 is 10.1 Å². The Morgan fingerprint density at radius 3 is 3.00 bits per heavy atom. The van der Waals surface area contributed by atoms with Gasteiger partial charge in [-0.25, -0.2) is 4.79 Å². The van der Waals surface area contributed by atoms with Crippen LogP contribution in [0.15, 0.2) is 24.3 Å². The molecular weight excluding hydrogens is 262 g/mol. The number of hydrogen-bond acceptors (Lipinski definition) is 5. The zero-order valence-electron chi connectivity index (χ0n) is 11.2. The minimum atomic E-state index is -1.35. The van der Waals surface area contributed by atoms with E-state index in [1.54, 1.807) is 0 Å². The molecule has 2 atom stereocenters. The lowest BCUT2D eigenvalue weighted by atomic mass is 9.96. The van der Waals surface area contributed by atoms with E-state index >= 15 is 0 Å². The number of rotatable bonds is 4. The fourth-order valence-corrected chi connectivity index (χ4v) is 2.06. The van der Waals surface area contributed by atoms with Crippen molar-refractivity contribution in [2.75, 3.05) is 20.3 Å². The van der Waals surface area contributed by atoms with E-state index in [0.29, 0.717) is 6.42 Å². The minimum absolute atomic E-state index is 0.163. The lowest BCUT2D eigenvalue weighted by Crippen LogP contribution is -2.42. The third kappa shape index (κ3) is 3.27. The maximum Gasteiger partial charge on any atom is 0.336 e. The maximum absolute atomic E-state index is 12.0. The van der Waals surface area contributed by atoms with Crippen LogP contribution in [-0.4, -0.2) is 43.3 Å². The van der Waals surface area contributed by atoms with Gasteiger partial charge < -0.3 is 19.9 Å². The summed E-state index contributed by atoms with van der Waals surface area (Å²) in [5, 5.41) is 11.9. The third-order valence-corrected chi connectivity index (χ3v) is 3.19. The van der Waals surface area contributed by atoms with Crippen LogP contribution in [0.5, 0.6) is 5.75 Å². The van der Waals surface area contributed by atoms with Gasteiger partial charge in [0.1, 0.15) is 12.4 Å². The van der Waals surface area contributed by atoms with E-state index in [0.717, 1.165) is 11.3 Å². The number of carbonyl (C=O) groups excluding carboxylic acids is 2. The maximum atomic E-state index is 12.0. The van der Waals surface area contributed by atoms with E-state index in [1.807, 2.05) is 24.3 Å². The average Bonchev–Trinajstić information content (AvgIpc) is 2.50. The lowest BCUT2D eigenvalue weighted by molar-refractivity contribution is -0.150. The van der Waals surface area contributed by atoms with Gasteiger partial charge in [0.15, 0.2) is 6.10 Å². The molecule has 1 amide bonds. The molecule has 0 aromatic heterocycles. The fourth-order valence-electron chi connectivity index (χ4n) is 2.06. The molecule has 20 heavy (non-hydrogen) atoms. The Morgan fingerprint density at radius 1 is 1.50 bits per heavy atom. The molecule has 2 unspecified atom stereocenters. The number of amides is 1. The Hall–Kier alpha value is -2.08. The van der Waals surface area contributed by atoms with E-state index in [2.05, 4.69) is 10.1 Å². The molecule has 0 saturated carbocycles. The summed E-state index contributed by atoms with van der Waals surface area (Å²) in [5.74, 6) is -0.543. The van der Waals surface area contributed by atoms with Crippen molar-refractivity contribution in [2.45, 2.75) is 12.5 Å². The predicted octanol–water partition coefficient (Wildman–Crippen LogP) is -0.112. The Labute approximate surface area is 116 Å². The van der Waals surface area contributed by atoms with Gasteiger partial charge in [0.25, 0.3) is 0 Å². The zero-order valence-corrected chi connectivity index (χ0v) is 11.2. The SMILES string of the molecule is COC(=O)C(O)CNC(=O)C1COc2ccccc2C1. The van der Waals surface area contributed by atoms with Gasteiger partial charge in [-0.1, -0.05) is 18.2 Å². The molecule has 2 rings (SSSR count). The van der Waals surface area contributed by atoms with Gasteiger partial charge in [-0.2, -0.15) is 0 Å². The summed E-state index contributed by atoms with van der Waals surface area (Å²) < 4.78 is 9.89. The number of carbonyl (C=O) groups is 2. The number of hydrogen-bond donors (Lipinski definition) is 2. The molecule has 0 radical (unpaired) electrons.